The molecular formula is CH2LiNaO3. The molecule has 0 aliphatic carbocycles. The fourth-order valence-electron chi connectivity index (χ4n) is 0. The van der Waals surface area contributed by atoms with Crippen LogP contribution in [0.5, 0.6) is 0 Å². The van der Waals surface area contributed by atoms with E-state index in [1.807, 2.05) is 0 Å². The van der Waals surface area contributed by atoms with Crippen molar-refractivity contribution in [2.75, 3.05) is 0 Å². The van der Waals surface area contributed by atoms with E-state index in [0.717, 1.165) is 0 Å². The molecule has 0 saturated heterocycles. The molecular weight excluding hydrogens is 89.9 g/mol. The molecule has 0 radical (unpaired) electrons. The van der Waals surface area contributed by atoms with Gasteiger partial charge in [0.25, 0.3) is 0 Å². The van der Waals surface area contributed by atoms with Gasteiger partial charge in [0.2, 0.25) is 0 Å². The van der Waals surface area contributed by atoms with Crippen molar-refractivity contribution in [2.45, 2.75) is 0 Å². The number of carbonyl (C=O) groups is 1. The molecule has 0 fully saturated rings. The molecule has 6 heavy (non-hydrogen) atoms. The van der Waals surface area contributed by atoms with E-state index < -0.39 is 6.16 Å². The zero-order valence-electron chi connectivity index (χ0n) is 3.80. The molecule has 0 aromatic carbocycles. The van der Waals surface area contributed by atoms with Crippen LogP contribution in [0.25, 0.3) is 0 Å². The summed E-state index contributed by atoms with van der Waals surface area (Å²) in [5.74, 6) is 0. The summed E-state index contributed by atoms with van der Waals surface area (Å²) in [6, 6.07) is 0. The maximum atomic E-state index is 8.56. The van der Waals surface area contributed by atoms with E-state index in [2.05, 4.69) is 13.0 Å². The van der Waals surface area contributed by atoms with Crippen LogP contribution in [-0.4, -0.2) is 54.3 Å². The Morgan fingerprint density at radius 2 is 1.50 bits per heavy atom. The van der Waals surface area contributed by atoms with Crippen molar-refractivity contribution in [1.29, 1.82) is 0 Å². The predicted octanol–water partition coefficient (Wildman–Crippen LogP) is -0.539. The van der Waals surface area contributed by atoms with Crippen LogP contribution in [0.4, 0.5) is 4.79 Å². The van der Waals surface area contributed by atoms with Gasteiger partial charge in [-0.15, -0.1) is 0 Å². The maximum absolute atomic E-state index is 8.56. The molecule has 0 aliphatic rings. The van der Waals surface area contributed by atoms with E-state index in [1.54, 1.807) is 0 Å². The first-order valence-electron chi connectivity index (χ1n) is 1.65. The summed E-state index contributed by atoms with van der Waals surface area (Å²) in [5, 5.41) is 13.9. The van der Waals surface area contributed by atoms with Gasteiger partial charge >= 0.3 is 44.0 Å². The molecule has 0 unspecified atom stereocenters. The third-order valence-corrected chi connectivity index (χ3v) is 0. The van der Waals surface area contributed by atoms with Crippen molar-refractivity contribution in [3.63, 3.8) is 0 Å². The zero-order chi connectivity index (χ0) is 5.58. The van der Waals surface area contributed by atoms with Crippen LogP contribution in [0, 0.1) is 0 Å². The minimum atomic E-state index is -1.83. The summed E-state index contributed by atoms with van der Waals surface area (Å²) in [7, 11) is 0. The number of rotatable bonds is 0. The van der Waals surface area contributed by atoms with Gasteiger partial charge in [0.05, 0.1) is 0 Å². The minimum absolute atomic E-state index is 1.31. The van der Waals surface area contributed by atoms with Gasteiger partial charge < -0.3 is 10.2 Å². The fourth-order valence-corrected chi connectivity index (χ4v) is 0. The van der Waals surface area contributed by atoms with E-state index >= 15 is 0 Å². The van der Waals surface area contributed by atoms with Crippen molar-refractivity contribution in [2.24, 2.45) is 0 Å². The van der Waals surface area contributed by atoms with Gasteiger partial charge in [0, 0.05) is 0 Å². The molecule has 0 atom stereocenters. The first-order chi connectivity index (χ1) is 2.73. The van der Waals surface area contributed by atoms with Crippen LogP contribution in [0.1, 0.15) is 0 Å². The predicted molar refractivity (Wildman–Crippen MR) is 22.2 cm³/mol. The van der Waals surface area contributed by atoms with Crippen molar-refractivity contribution in [3.8, 4) is 0 Å². The molecule has 0 aromatic heterocycles. The normalized spacial score (nSPS) is 5.33. The van der Waals surface area contributed by atoms with Crippen molar-refractivity contribution in [3.05, 3.63) is 0 Å². The SMILES string of the molecule is O=C(O)O.[Li][Na]. The third-order valence-electron chi connectivity index (χ3n) is 0. The van der Waals surface area contributed by atoms with E-state index in [-0.39, 0.29) is 0 Å². The molecule has 0 spiro atoms. The Morgan fingerprint density at radius 1 is 1.50 bits per heavy atom. The molecule has 0 aliphatic heterocycles. The Bertz CT molecular complexity index is 33.8. The quantitative estimate of drug-likeness (QED) is 0.394. The number of hydrogen-bond donors (Lipinski definition) is 2. The Labute approximate surface area is 58.7 Å². The summed E-state index contributed by atoms with van der Waals surface area (Å²) in [4.78, 5) is 8.56. The second-order valence-electron chi connectivity index (χ2n) is 0.283. The summed E-state index contributed by atoms with van der Waals surface area (Å²) < 4.78 is 0. The average Bonchev–Trinajstić information content (AvgIpc) is 1.41. The topological polar surface area (TPSA) is 57.5 Å². The Hall–Kier alpha value is 0.867. The van der Waals surface area contributed by atoms with Gasteiger partial charge in [-0.3, -0.25) is 0 Å². The Balaban J connectivity index is 0. The second-order valence-corrected chi connectivity index (χ2v) is 0.283. The molecule has 3 nitrogen and oxygen atoms in total. The average molecular weight is 92.0 g/mol. The molecule has 0 aromatic rings. The summed E-state index contributed by atoms with van der Waals surface area (Å²) >= 11 is 3.44. The van der Waals surface area contributed by atoms with Gasteiger partial charge in [0.15, 0.2) is 0 Å². The zero-order valence-corrected chi connectivity index (χ0v) is 5.80. The van der Waals surface area contributed by atoms with Crippen LogP contribution < -0.4 is 0 Å². The van der Waals surface area contributed by atoms with Crippen LogP contribution >= 0.6 is 0 Å². The van der Waals surface area contributed by atoms with Crippen molar-refractivity contribution >= 4 is 44.0 Å². The van der Waals surface area contributed by atoms with Crippen molar-refractivity contribution in [1.82, 2.24) is 0 Å². The molecule has 5 heteroatoms. The van der Waals surface area contributed by atoms with Gasteiger partial charge in [-0.25, -0.2) is 4.79 Å². The van der Waals surface area contributed by atoms with E-state index in [9.17, 15) is 0 Å². The van der Waals surface area contributed by atoms with Crippen LogP contribution in [0.3, 0.4) is 0 Å². The first kappa shape index (κ1) is 9.98. The van der Waals surface area contributed by atoms with Gasteiger partial charge in [-0.05, 0) is 0 Å². The van der Waals surface area contributed by atoms with E-state index in [0.29, 0.717) is 0 Å². The summed E-state index contributed by atoms with van der Waals surface area (Å²) in [5.41, 5.74) is 0. The Kier molecular flexibility index (Phi) is 15.5. The van der Waals surface area contributed by atoms with Crippen molar-refractivity contribution < 1.29 is 15.0 Å². The van der Waals surface area contributed by atoms with Crippen LogP contribution in [0.2, 0.25) is 0 Å². The van der Waals surface area contributed by atoms with E-state index in [1.165, 1.54) is 24.9 Å². The van der Waals surface area contributed by atoms with Gasteiger partial charge in [-0.2, -0.15) is 0 Å². The monoisotopic (exact) mass is 92.0 g/mol. The van der Waals surface area contributed by atoms with Crippen LogP contribution in [-0.2, 0) is 0 Å². The molecule has 2 N–H and O–H groups in total. The molecule has 0 saturated carbocycles. The van der Waals surface area contributed by atoms with E-state index in [4.69, 9.17) is 15.0 Å². The molecule has 0 rings (SSSR count). The molecule has 26 valence electrons. The summed E-state index contributed by atoms with van der Waals surface area (Å²) in [6.07, 6.45) is -1.83. The number of hydrogen-bond acceptors (Lipinski definition) is 1. The van der Waals surface area contributed by atoms with Gasteiger partial charge in [0.1, 0.15) is 0 Å². The first-order valence-corrected chi connectivity index (χ1v) is 3.65. The molecule has 0 heterocycles. The molecule has 0 bridgehead atoms. The third kappa shape index (κ3) is 96.8. The number of carboxylic acid groups (broad SMARTS) is 2. The fraction of sp³-hybridized carbons (Fsp3) is 0. The second kappa shape index (κ2) is 9.29. The van der Waals surface area contributed by atoms with Crippen LogP contribution in [0.15, 0.2) is 0 Å². The van der Waals surface area contributed by atoms with Gasteiger partial charge in [-0.1, -0.05) is 0 Å². The Morgan fingerprint density at radius 3 is 1.50 bits per heavy atom. The summed E-state index contributed by atoms with van der Waals surface area (Å²) in [6.45, 7) is 0. The molecule has 0 amide bonds. The standard InChI is InChI=1S/CH2O3.Li.Na/c2-1(3)4;;/h(H2,2,3,4);;.